The summed E-state index contributed by atoms with van der Waals surface area (Å²) < 4.78 is 0. The van der Waals surface area contributed by atoms with E-state index in [4.69, 9.17) is 11.1 Å². The highest BCUT2D eigenvalue weighted by atomic mass is 35.6. The van der Waals surface area contributed by atoms with Crippen LogP contribution in [0.2, 0.25) is 12.1 Å². The number of halogens is 1. The molecule has 0 fully saturated rings. The van der Waals surface area contributed by atoms with Crippen LogP contribution in [-0.4, -0.2) is 14.4 Å². The molecule has 1 unspecified atom stereocenters. The minimum absolute atomic E-state index is 0.619. The summed E-state index contributed by atoms with van der Waals surface area (Å²) in [6.45, 7) is 3.57. The number of hydrogen-bond donors (Lipinski definition) is 0. The molecule has 0 N–H and O–H groups in total. The highest BCUT2D eigenvalue weighted by Crippen LogP contribution is 2.05. The van der Waals surface area contributed by atoms with Crippen molar-refractivity contribution in [3.05, 3.63) is 12.7 Å². The molecule has 0 heterocycles. The number of carbonyl (C=O) groups excluding carboxylic acids is 1. The molecule has 0 bridgehead atoms. The fourth-order valence-electron chi connectivity index (χ4n) is 0.548. The lowest BCUT2D eigenvalue weighted by atomic mass is 10.6. The molecular formula is C6H11ClOSi. The van der Waals surface area contributed by atoms with Crippen LogP contribution in [0.5, 0.6) is 0 Å². The SMILES string of the molecule is C=CC[SiH](Cl)CCC=O. The molecule has 52 valence electrons. The highest BCUT2D eigenvalue weighted by Gasteiger charge is 2.02. The van der Waals surface area contributed by atoms with E-state index < -0.39 is 8.11 Å². The van der Waals surface area contributed by atoms with Gasteiger partial charge in [-0.1, -0.05) is 6.08 Å². The molecule has 0 aromatic carbocycles. The quantitative estimate of drug-likeness (QED) is 0.261. The summed E-state index contributed by atoms with van der Waals surface area (Å²) in [5.41, 5.74) is 0. The second kappa shape index (κ2) is 6.04. The Labute approximate surface area is 62.0 Å². The van der Waals surface area contributed by atoms with Crippen LogP contribution in [-0.2, 0) is 4.79 Å². The molecule has 1 atom stereocenters. The molecule has 1 nitrogen and oxygen atoms in total. The van der Waals surface area contributed by atoms with Crippen LogP contribution in [0.25, 0.3) is 0 Å². The first-order valence-corrected chi connectivity index (χ1v) is 6.37. The molecule has 0 spiro atoms. The lowest BCUT2D eigenvalue weighted by molar-refractivity contribution is -0.107. The lowest BCUT2D eigenvalue weighted by Crippen LogP contribution is -2.00. The third-order valence-corrected chi connectivity index (χ3v) is 4.01. The molecule has 0 aliphatic carbocycles. The van der Waals surface area contributed by atoms with E-state index >= 15 is 0 Å². The third kappa shape index (κ3) is 5.79. The number of hydrogen-bond acceptors (Lipinski definition) is 1. The maximum Gasteiger partial charge on any atom is 0.145 e. The standard InChI is InChI=1S/C6H11ClOSi/c1-2-5-9(7)6-3-4-8/h2,4,9H,1,3,5-6H2. The maximum atomic E-state index is 9.85. The first-order valence-electron chi connectivity index (χ1n) is 3.00. The Morgan fingerprint density at radius 3 is 2.78 bits per heavy atom. The summed E-state index contributed by atoms with van der Waals surface area (Å²) in [5, 5.41) is 0. The van der Waals surface area contributed by atoms with Crippen molar-refractivity contribution < 1.29 is 4.79 Å². The van der Waals surface area contributed by atoms with Gasteiger partial charge in [0.15, 0.2) is 0 Å². The van der Waals surface area contributed by atoms with Crippen LogP contribution in [0, 0.1) is 0 Å². The van der Waals surface area contributed by atoms with E-state index in [2.05, 4.69) is 6.58 Å². The van der Waals surface area contributed by atoms with E-state index in [0.29, 0.717) is 6.42 Å². The second-order valence-corrected chi connectivity index (χ2v) is 5.96. The molecule has 0 aromatic heterocycles. The zero-order valence-electron chi connectivity index (χ0n) is 5.35. The van der Waals surface area contributed by atoms with Crippen molar-refractivity contribution in [2.75, 3.05) is 0 Å². The van der Waals surface area contributed by atoms with Crippen LogP contribution in [0.3, 0.4) is 0 Å². The molecule has 0 saturated heterocycles. The van der Waals surface area contributed by atoms with Crippen molar-refractivity contribution in [1.29, 1.82) is 0 Å². The summed E-state index contributed by atoms with van der Waals surface area (Å²) >= 11 is 5.87. The number of aldehydes is 1. The van der Waals surface area contributed by atoms with E-state index in [1.54, 1.807) is 0 Å². The van der Waals surface area contributed by atoms with E-state index in [-0.39, 0.29) is 0 Å². The van der Waals surface area contributed by atoms with Gasteiger partial charge in [-0.2, -0.15) is 11.1 Å². The molecule has 3 heteroatoms. The van der Waals surface area contributed by atoms with Crippen molar-refractivity contribution in [3.63, 3.8) is 0 Å². The maximum absolute atomic E-state index is 9.85. The zero-order valence-corrected chi connectivity index (χ0v) is 7.26. The minimum Gasteiger partial charge on any atom is -0.303 e. The van der Waals surface area contributed by atoms with Crippen molar-refractivity contribution in [3.8, 4) is 0 Å². The van der Waals surface area contributed by atoms with Gasteiger partial charge < -0.3 is 4.79 Å². The average Bonchev–Trinajstić information content (AvgIpc) is 1.85. The normalized spacial score (nSPS) is 12.6. The molecule has 9 heavy (non-hydrogen) atoms. The van der Waals surface area contributed by atoms with Gasteiger partial charge in [0, 0.05) is 6.42 Å². The summed E-state index contributed by atoms with van der Waals surface area (Å²) in [7, 11) is -1.10. The smallest absolute Gasteiger partial charge is 0.145 e. The largest absolute Gasteiger partial charge is 0.303 e. The van der Waals surface area contributed by atoms with Crippen LogP contribution in [0.1, 0.15) is 6.42 Å². The average molecular weight is 163 g/mol. The third-order valence-electron chi connectivity index (χ3n) is 1.02. The molecule has 0 aliphatic heterocycles. The predicted molar refractivity (Wildman–Crippen MR) is 43.5 cm³/mol. The summed E-state index contributed by atoms with van der Waals surface area (Å²) in [5.74, 6) is 0. The van der Waals surface area contributed by atoms with E-state index in [1.165, 1.54) is 0 Å². The Morgan fingerprint density at radius 2 is 2.33 bits per heavy atom. The van der Waals surface area contributed by atoms with Crippen LogP contribution >= 0.6 is 11.1 Å². The number of rotatable bonds is 5. The van der Waals surface area contributed by atoms with Crippen molar-refractivity contribution in [2.45, 2.75) is 18.5 Å². The Bertz CT molecular complexity index is 95.1. The van der Waals surface area contributed by atoms with Gasteiger partial charge in [-0.25, -0.2) is 0 Å². The van der Waals surface area contributed by atoms with E-state index in [9.17, 15) is 4.79 Å². The molecule has 0 saturated carbocycles. The molecule has 0 aliphatic rings. The van der Waals surface area contributed by atoms with Gasteiger partial charge in [-0.15, -0.1) is 6.58 Å². The highest BCUT2D eigenvalue weighted by molar-refractivity contribution is 7.07. The topological polar surface area (TPSA) is 17.1 Å². The van der Waals surface area contributed by atoms with Gasteiger partial charge in [0.1, 0.15) is 14.4 Å². The van der Waals surface area contributed by atoms with Gasteiger partial charge >= 0.3 is 0 Å². The van der Waals surface area contributed by atoms with Crippen molar-refractivity contribution >= 4 is 25.5 Å². The molecule has 0 radical (unpaired) electrons. The molecule has 0 rings (SSSR count). The summed E-state index contributed by atoms with van der Waals surface area (Å²) in [6, 6.07) is 1.83. The molecule has 0 aromatic rings. The van der Waals surface area contributed by atoms with E-state index in [1.807, 2.05) is 6.08 Å². The summed E-state index contributed by atoms with van der Waals surface area (Å²) in [4.78, 5) is 9.85. The van der Waals surface area contributed by atoms with Crippen LogP contribution < -0.4 is 0 Å². The Balaban J connectivity index is 3.14. The monoisotopic (exact) mass is 162 g/mol. The fraction of sp³-hybridized carbons (Fsp3) is 0.500. The van der Waals surface area contributed by atoms with Crippen molar-refractivity contribution in [1.82, 2.24) is 0 Å². The van der Waals surface area contributed by atoms with Crippen LogP contribution in [0.15, 0.2) is 12.7 Å². The van der Waals surface area contributed by atoms with Gasteiger partial charge in [0.05, 0.1) is 0 Å². The molecular weight excluding hydrogens is 152 g/mol. The fourth-order valence-corrected chi connectivity index (χ4v) is 2.40. The Morgan fingerprint density at radius 1 is 1.67 bits per heavy atom. The first-order chi connectivity index (χ1) is 4.31. The van der Waals surface area contributed by atoms with E-state index in [0.717, 1.165) is 18.4 Å². The lowest BCUT2D eigenvalue weighted by Gasteiger charge is -1.97. The van der Waals surface area contributed by atoms with Gasteiger partial charge in [0.2, 0.25) is 0 Å². The zero-order chi connectivity index (χ0) is 7.11. The summed E-state index contributed by atoms with van der Waals surface area (Å²) in [6.07, 6.45) is 3.37. The number of allylic oxidation sites excluding steroid dienone is 1. The number of carbonyl (C=O) groups is 1. The Hall–Kier alpha value is -0.0831. The van der Waals surface area contributed by atoms with Gasteiger partial charge in [0.25, 0.3) is 0 Å². The molecule has 0 amide bonds. The van der Waals surface area contributed by atoms with Gasteiger partial charge in [-0.3, -0.25) is 0 Å². The van der Waals surface area contributed by atoms with Crippen molar-refractivity contribution in [2.24, 2.45) is 0 Å². The minimum atomic E-state index is -1.10. The first kappa shape index (κ1) is 8.92. The van der Waals surface area contributed by atoms with Crippen LogP contribution in [0.4, 0.5) is 0 Å². The van der Waals surface area contributed by atoms with Gasteiger partial charge in [-0.05, 0) is 12.1 Å². The second-order valence-electron chi connectivity index (χ2n) is 1.87. The Kier molecular flexibility index (Phi) is 5.99. The predicted octanol–water partition coefficient (Wildman–Crippen LogP) is 1.72.